The van der Waals surface area contributed by atoms with Crippen molar-refractivity contribution in [3.63, 3.8) is 0 Å². The highest BCUT2D eigenvalue weighted by molar-refractivity contribution is 5.87. The van der Waals surface area contributed by atoms with Crippen molar-refractivity contribution in [3.05, 3.63) is 12.7 Å². The van der Waals surface area contributed by atoms with Gasteiger partial charge in [-0.2, -0.15) is 0 Å². The summed E-state index contributed by atoms with van der Waals surface area (Å²) < 4.78 is 4.45. The lowest BCUT2D eigenvalue weighted by atomic mass is 10.2. The van der Waals surface area contributed by atoms with E-state index in [1.165, 1.54) is 7.11 Å². The summed E-state index contributed by atoms with van der Waals surface area (Å²) in [7, 11) is 1.28. The van der Waals surface area contributed by atoms with Crippen LogP contribution in [-0.4, -0.2) is 37.5 Å². The quantitative estimate of drug-likeness (QED) is 0.478. The van der Waals surface area contributed by atoms with Gasteiger partial charge in [0.25, 0.3) is 0 Å². The fourth-order valence-corrected chi connectivity index (χ4v) is 1.21. The molecule has 0 aliphatic heterocycles. The van der Waals surface area contributed by atoms with E-state index in [1.807, 2.05) is 0 Å². The summed E-state index contributed by atoms with van der Waals surface area (Å²) in [5.41, 5.74) is 0. The Bertz CT molecular complexity index is 315. The maximum absolute atomic E-state index is 11.7. The van der Waals surface area contributed by atoms with Crippen LogP contribution in [0.15, 0.2) is 12.7 Å². The van der Waals surface area contributed by atoms with Gasteiger partial charge in [-0.05, 0) is 6.42 Å². The summed E-state index contributed by atoms with van der Waals surface area (Å²) in [6, 6.07) is -0.646. The van der Waals surface area contributed by atoms with Crippen LogP contribution in [0, 0.1) is 0 Å². The van der Waals surface area contributed by atoms with E-state index in [4.69, 9.17) is 0 Å². The fourth-order valence-electron chi connectivity index (χ4n) is 1.21. The number of ether oxygens (including phenoxy) is 1. The normalized spacial score (nSPS) is 11.2. The first kappa shape index (κ1) is 16.1. The smallest absolute Gasteiger partial charge is 0.307 e. The van der Waals surface area contributed by atoms with Crippen LogP contribution in [0.4, 0.5) is 0 Å². The molecule has 0 rings (SSSR count). The standard InChI is InChI=1S/C12H20N2O4/c1-4-6-9(14-10(15)5-2)12(17)13-8-7-11(16)18-3/h4,9H,1,5-8H2,2-3H3,(H,13,17)(H,14,15). The van der Waals surface area contributed by atoms with Crippen LogP contribution < -0.4 is 10.6 Å². The molecule has 0 saturated heterocycles. The third kappa shape index (κ3) is 6.67. The molecule has 0 bridgehead atoms. The summed E-state index contributed by atoms with van der Waals surface area (Å²) in [6.45, 7) is 5.42. The number of rotatable bonds is 8. The first-order chi connectivity index (χ1) is 8.54. The Balaban J connectivity index is 4.17. The predicted octanol–water partition coefficient (Wildman–Crippen LogP) is 0.137. The Morgan fingerprint density at radius 3 is 2.56 bits per heavy atom. The number of hydrogen-bond donors (Lipinski definition) is 2. The van der Waals surface area contributed by atoms with Gasteiger partial charge in [-0.25, -0.2) is 0 Å². The van der Waals surface area contributed by atoms with Gasteiger partial charge in [-0.15, -0.1) is 6.58 Å². The van der Waals surface area contributed by atoms with Crippen molar-refractivity contribution in [2.75, 3.05) is 13.7 Å². The van der Waals surface area contributed by atoms with Crippen LogP contribution in [0.5, 0.6) is 0 Å². The minimum absolute atomic E-state index is 0.102. The van der Waals surface area contributed by atoms with Gasteiger partial charge in [0, 0.05) is 13.0 Å². The van der Waals surface area contributed by atoms with Gasteiger partial charge in [0.1, 0.15) is 6.04 Å². The molecule has 0 aromatic heterocycles. The average molecular weight is 256 g/mol. The molecule has 0 fully saturated rings. The van der Waals surface area contributed by atoms with Crippen molar-refractivity contribution in [2.24, 2.45) is 0 Å². The zero-order valence-corrected chi connectivity index (χ0v) is 10.8. The molecule has 6 heteroatoms. The van der Waals surface area contributed by atoms with Crippen LogP contribution in [0.1, 0.15) is 26.2 Å². The molecule has 0 aliphatic rings. The first-order valence-corrected chi connectivity index (χ1v) is 5.79. The second-order valence-corrected chi connectivity index (χ2v) is 3.62. The highest BCUT2D eigenvalue weighted by atomic mass is 16.5. The third-order valence-corrected chi connectivity index (χ3v) is 2.23. The van der Waals surface area contributed by atoms with Gasteiger partial charge in [-0.3, -0.25) is 14.4 Å². The van der Waals surface area contributed by atoms with E-state index < -0.39 is 12.0 Å². The number of carbonyl (C=O) groups excluding carboxylic acids is 3. The molecule has 0 aromatic carbocycles. The van der Waals surface area contributed by atoms with Gasteiger partial charge >= 0.3 is 5.97 Å². The number of carbonyl (C=O) groups is 3. The van der Waals surface area contributed by atoms with Crippen molar-refractivity contribution < 1.29 is 19.1 Å². The minimum Gasteiger partial charge on any atom is -0.469 e. The number of methoxy groups -OCH3 is 1. The number of amides is 2. The molecule has 18 heavy (non-hydrogen) atoms. The summed E-state index contributed by atoms with van der Waals surface area (Å²) in [4.78, 5) is 33.8. The van der Waals surface area contributed by atoms with Crippen molar-refractivity contribution in [2.45, 2.75) is 32.2 Å². The highest BCUT2D eigenvalue weighted by Crippen LogP contribution is 1.95. The zero-order valence-electron chi connectivity index (χ0n) is 10.8. The summed E-state index contributed by atoms with van der Waals surface area (Å²) >= 11 is 0. The Labute approximate surface area is 107 Å². The molecular weight excluding hydrogens is 236 g/mol. The average Bonchev–Trinajstić information content (AvgIpc) is 2.37. The molecular formula is C12H20N2O4. The molecule has 1 unspecified atom stereocenters. The van der Waals surface area contributed by atoms with Crippen molar-refractivity contribution in [1.82, 2.24) is 10.6 Å². The van der Waals surface area contributed by atoms with Gasteiger partial charge < -0.3 is 15.4 Å². The molecule has 0 aliphatic carbocycles. The molecule has 0 heterocycles. The lowest BCUT2D eigenvalue weighted by Gasteiger charge is -2.16. The SMILES string of the molecule is C=CCC(NC(=O)CC)C(=O)NCCC(=O)OC. The van der Waals surface area contributed by atoms with E-state index in [9.17, 15) is 14.4 Å². The molecule has 0 aromatic rings. The van der Waals surface area contributed by atoms with Gasteiger partial charge in [0.15, 0.2) is 0 Å². The Morgan fingerprint density at radius 1 is 1.39 bits per heavy atom. The summed E-state index contributed by atoms with van der Waals surface area (Å²) in [6.07, 6.45) is 2.31. The largest absolute Gasteiger partial charge is 0.469 e. The maximum Gasteiger partial charge on any atom is 0.307 e. The highest BCUT2D eigenvalue weighted by Gasteiger charge is 2.18. The van der Waals surface area contributed by atoms with Crippen LogP contribution in [0.2, 0.25) is 0 Å². The van der Waals surface area contributed by atoms with Gasteiger partial charge in [0.05, 0.1) is 13.5 Å². The fraction of sp³-hybridized carbons (Fsp3) is 0.583. The van der Waals surface area contributed by atoms with E-state index >= 15 is 0 Å². The lowest BCUT2D eigenvalue weighted by molar-refractivity contribution is -0.140. The van der Waals surface area contributed by atoms with Crippen molar-refractivity contribution in [3.8, 4) is 0 Å². The van der Waals surface area contributed by atoms with Crippen molar-refractivity contribution in [1.29, 1.82) is 0 Å². The van der Waals surface area contributed by atoms with E-state index in [0.29, 0.717) is 12.8 Å². The van der Waals surface area contributed by atoms with E-state index in [1.54, 1.807) is 13.0 Å². The molecule has 2 N–H and O–H groups in total. The van der Waals surface area contributed by atoms with Gasteiger partial charge in [-0.1, -0.05) is 13.0 Å². The van der Waals surface area contributed by atoms with Crippen LogP contribution in [0.3, 0.4) is 0 Å². The summed E-state index contributed by atoms with van der Waals surface area (Å²) in [5, 5.41) is 5.14. The minimum atomic E-state index is -0.646. The van der Waals surface area contributed by atoms with Crippen molar-refractivity contribution >= 4 is 17.8 Å². The second-order valence-electron chi connectivity index (χ2n) is 3.62. The number of nitrogens with one attached hydrogen (secondary N) is 2. The third-order valence-electron chi connectivity index (χ3n) is 2.23. The molecule has 0 spiro atoms. The molecule has 1 atom stereocenters. The van der Waals surface area contributed by atoms with Gasteiger partial charge in [0.2, 0.25) is 11.8 Å². The van der Waals surface area contributed by atoms with E-state index in [-0.39, 0.29) is 24.8 Å². The Morgan fingerprint density at radius 2 is 2.06 bits per heavy atom. The topological polar surface area (TPSA) is 84.5 Å². The van der Waals surface area contributed by atoms with Crippen LogP contribution >= 0.6 is 0 Å². The molecule has 6 nitrogen and oxygen atoms in total. The predicted molar refractivity (Wildman–Crippen MR) is 66.7 cm³/mol. The Hall–Kier alpha value is -1.85. The monoisotopic (exact) mass is 256 g/mol. The van der Waals surface area contributed by atoms with Crippen LogP contribution in [-0.2, 0) is 19.1 Å². The van der Waals surface area contributed by atoms with E-state index in [0.717, 1.165) is 0 Å². The molecule has 0 saturated carbocycles. The van der Waals surface area contributed by atoms with Crippen LogP contribution in [0.25, 0.3) is 0 Å². The molecule has 0 radical (unpaired) electrons. The lowest BCUT2D eigenvalue weighted by Crippen LogP contribution is -2.46. The zero-order chi connectivity index (χ0) is 14.0. The molecule has 102 valence electrons. The second kappa shape index (κ2) is 9.21. The number of hydrogen-bond acceptors (Lipinski definition) is 4. The maximum atomic E-state index is 11.7. The molecule has 2 amide bonds. The first-order valence-electron chi connectivity index (χ1n) is 5.79. The van der Waals surface area contributed by atoms with E-state index in [2.05, 4.69) is 21.9 Å². The summed E-state index contributed by atoms with van der Waals surface area (Å²) in [5.74, 6) is -0.932. The number of esters is 1. The Kier molecular flexibility index (Phi) is 8.26.